The van der Waals surface area contributed by atoms with Crippen molar-refractivity contribution in [1.29, 1.82) is 0 Å². The van der Waals surface area contributed by atoms with E-state index in [4.69, 9.17) is 4.42 Å². The summed E-state index contributed by atoms with van der Waals surface area (Å²) in [5.41, 5.74) is 2.69. The van der Waals surface area contributed by atoms with E-state index >= 15 is 0 Å². The zero-order chi connectivity index (χ0) is 15.4. The lowest BCUT2D eigenvalue weighted by Crippen LogP contribution is -1.97. The maximum atomic E-state index is 5.27. The van der Waals surface area contributed by atoms with E-state index in [-0.39, 0.29) is 0 Å². The van der Waals surface area contributed by atoms with E-state index in [9.17, 15) is 0 Å². The van der Waals surface area contributed by atoms with E-state index in [2.05, 4.69) is 25.3 Å². The van der Waals surface area contributed by atoms with Crippen LogP contribution in [0.4, 0.5) is 11.5 Å². The van der Waals surface area contributed by atoms with Gasteiger partial charge in [0.2, 0.25) is 5.65 Å². The van der Waals surface area contributed by atoms with E-state index in [1.54, 1.807) is 0 Å². The number of nitrogens with zero attached hydrogens (tertiary/aromatic N) is 4. The minimum absolute atomic E-state index is 0.543. The first kappa shape index (κ1) is 13.9. The molecule has 4 aromatic rings. The highest BCUT2D eigenvalue weighted by Gasteiger charge is 2.09. The number of hydrogen-bond donors (Lipinski definition) is 1. The Bertz CT molecular complexity index is 889. The van der Waals surface area contributed by atoms with Crippen LogP contribution in [0.25, 0.3) is 22.3 Å². The average Bonchev–Trinajstić information content (AvgIpc) is 3.03. The normalized spacial score (nSPS) is 10.3. The fourth-order valence-electron chi connectivity index (χ4n) is 2.03. The van der Waals surface area contributed by atoms with Gasteiger partial charge in [0.05, 0.1) is 5.39 Å². The van der Waals surface area contributed by atoms with Crippen LogP contribution in [0.15, 0.2) is 53.5 Å². The molecule has 0 aliphatic carbocycles. The number of nitrogens with one attached hydrogen (secondary N) is 1. The van der Waals surface area contributed by atoms with Crippen LogP contribution in [0, 0.1) is 0 Å². The first-order valence-electron chi connectivity index (χ1n) is 7.07. The summed E-state index contributed by atoms with van der Waals surface area (Å²) in [5.74, 6) is 0.687. The van der Waals surface area contributed by atoms with Gasteiger partial charge < -0.3 is 9.73 Å². The first-order chi connectivity index (χ1) is 10.9. The Hall–Kier alpha value is -3.02. The summed E-state index contributed by atoms with van der Waals surface area (Å²) in [7, 11) is 0. The third-order valence-electron chi connectivity index (χ3n) is 2.96. The standard InChI is InChI=1S/C14H9N5O.C2H6/c1-2-4-9(5-3-1)18-12-10-6-11-14(17-8-20-11)19-13(10)16-7-15-12;1-2/h1-8H,(H,15,16,18,19);1-2H3. The summed E-state index contributed by atoms with van der Waals surface area (Å²) in [6, 6.07) is 11.7. The van der Waals surface area contributed by atoms with Crippen LogP contribution >= 0.6 is 0 Å². The van der Waals surface area contributed by atoms with Gasteiger partial charge in [0, 0.05) is 5.69 Å². The predicted octanol–water partition coefficient (Wildman–Crippen LogP) is 3.94. The van der Waals surface area contributed by atoms with Crippen molar-refractivity contribution in [2.75, 3.05) is 5.32 Å². The fourth-order valence-corrected chi connectivity index (χ4v) is 2.03. The number of benzene rings is 1. The molecule has 0 saturated heterocycles. The zero-order valence-electron chi connectivity index (χ0n) is 12.3. The van der Waals surface area contributed by atoms with Gasteiger partial charge in [0.15, 0.2) is 17.6 Å². The number of para-hydroxylation sites is 1. The van der Waals surface area contributed by atoms with E-state index < -0.39 is 0 Å². The number of fused-ring (bicyclic) bond motifs is 2. The lowest BCUT2D eigenvalue weighted by molar-refractivity contribution is 0.602. The molecule has 22 heavy (non-hydrogen) atoms. The Morgan fingerprint density at radius 1 is 0.955 bits per heavy atom. The molecule has 0 spiro atoms. The molecule has 1 N–H and O–H groups in total. The molecular formula is C16H15N5O. The van der Waals surface area contributed by atoms with Gasteiger partial charge in [-0.2, -0.15) is 4.98 Å². The summed E-state index contributed by atoms with van der Waals surface area (Å²) in [5, 5.41) is 4.04. The summed E-state index contributed by atoms with van der Waals surface area (Å²) in [4.78, 5) is 16.8. The minimum Gasteiger partial charge on any atom is -0.442 e. The molecule has 0 aliphatic heterocycles. The maximum absolute atomic E-state index is 5.27. The number of anilines is 2. The van der Waals surface area contributed by atoms with Gasteiger partial charge in [-0.3, -0.25) is 0 Å². The van der Waals surface area contributed by atoms with Gasteiger partial charge >= 0.3 is 0 Å². The Balaban J connectivity index is 0.000000693. The van der Waals surface area contributed by atoms with E-state index in [0.717, 1.165) is 11.1 Å². The SMILES string of the molecule is CC.c1ccc(Nc2ncnc3nc4ncoc4cc23)cc1. The molecule has 4 rings (SSSR count). The quantitative estimate of drug-likeness (QED) is 0.603. The van der Waals surface area contributed by atoms with Gasteiger partial charge in [0.25, 0.3) is 0 Å². The first-order valence-corrected chi connectivity index (χ1v) is 7.07. The summed E-state index contributed by atoms with van der Waals surface area (Å²) < 4.78 is 5.27. The summed E-state index contributed by atoms with van der Waals surface area (Å²) in [6.07, 6.45) is 2.85. The molecular weight excluding hydrogens is 278 g/mol. The van der Waals surface area contributed by atoms with Gasteiger partial charge in [-0.1, -0.05) is 32.0 Å². The third kappa shape index (κ3) is 2.58. The maximum Gasteiger partial charge on any atom is 0.200 e. The smallest absolute Gasteiger partial charge is 0.200 e. The van der Waals surface area contributed by atoms with Crippen molar-refractivity contribution in [1.82, 2.24) is 19.9 Å². The van der Waals surface area contributed by atoms with Crippen LogP contribution < -0.4 is 5.32 Å². The molecule has 0 unspecified atom stereocenters. The second-order valence-electron chi connectivity index (χ2n) is 4.25. The number of rotatable bonds is 2. The molecule has 0 aliphatic rings. The van der Waals surface area contributed by atoms with Crippen molar-refractivity contribution in [2.45, 2.75) is 13.8 Å². The fraction of sp³-hybridized carbons (Fsp3) is 0.125. The monoisotopic (exact) mass is 293 g/mol. The molecule has 0 saturated carbocycles. The van der Waals surface area contributed by atoms with E-state index in [1.165, 1.54) is 12.7 Å². The van der Waals surface area contributed by atoms with Crippen LogP contribution in [-0.2, 0) is 0 Å². The van der Waals surface area contributed by atoms with Gasteiger partial charge in [0.1, 0.15) is 12.1 Å². The van der Waals surface area contributed by atoms with Crippen molar-refractivity contribution in [3.8, 4) is 0 Å². The predicted molar refractivity (Wildman–Crippen MR) is 86.0 cm³/mol. The topological polar surface area (TPSA) is 76.7 Å². The number of oxazole rings is 1. The summed E-state index contributed by atoms with van der Waals surface area (Å²) in [6.45, 7) is 4.00. The van der Waals surface area contributed by atoms with Crippen molar-refractivity contribution in [2.24, 2.45) is 0 Å². The molecule has 6 nitrogen and oxygen atoms in total. The molecule has 0 atom stereocenters. The number of aromatic nitrogens is 4. The number of hydrogen-bond acceptors (Lipinski definition) is 6. The van der Waals surface area contributed by atoms with Crippen LogP contribution in [0.3, 0.4) is 0 Å². The van der Waals surface area contributed by atoms with Crippen molar-refractivity contribution < 1.29 is 4.42 Å². The molecule has 1 aromatic carbocycles. The highest BCUT2D eigenvalue weighted by Crippen LogP contribution is 2.24. The second kappa shape index (κ2) is 6.17. The highest BCUT2D eigenvalue weighted by molar-refractivity contribution is 5.94. The van der Waals surface area contributed by atoms with Crippen LogP contribution in [0.1, 0.15) is 13.8 Å². The van der Waals surface area contributed by atoms with Gasteiger partial charge in [-0.25, -0.2) is 15.0 Å². The Kier molecular flexibility index (Phi) is 3.91. The molecule has 3 aromatic heterocycles. The van der Waals surface area contributed by atoms with E-state index in [1.807, 2.05) is 50.2 Å². The van der Waals surface area contributed by atoms with Crippen molar-refractivity contribution >= 4 is 33.8 Å². The Morgan fingerprint density at radius 2 is 1.77 bits per heavy atom. The molecule has 0 bridgehead atoms. The summed E-state index contributed by atoms with van der Waals surface area (Å²) >= 11 is 0. The minimum atomic E-state index is 0.543. The molecule has 3 heterocycles. The lowest BCUT2D eigenvalue weighted by atomic mass is 10.2. The van der Waals surface area contributed by atoms with Crippen LogP contribution in [0.2, 0.25) is 0 Å². The lowest BCUT2D eigenvalue weighted by Gasteiger charge is -2.07. The van der Waals surface area contributed by atoms with Crippen LogP contribution in [-0.4, -0.2) is 19.9 Å². The Labute approximate surface area is 127 Å². The van der Waals surface area contributed by atoms with E-state index in [0.29, 0.717) is 22.7 Å². The molecule has 0 amide bonds. The largest absolute Gasteiger partial charge is 0.442 e. The van der Waals surface area contributed by atoms with Crippen molar-refractivity contribution in [3.63, 3.8) is 0 Å². The van der Waals surface area contributed by atoms with Crippen LogP contribution in [0.5, 0.6) is 0 Å². The molecule has 110 valence electrons. The van der Waals surface area contributed by atoms with Crippen molar-refractivity contribution in [3.05, 3.63) is 49.1 Å². The van der Waals surface area contributed by atoms with Gasteiger partial charge in [-0.15, -0.1) is 0 Å². The molecule has 0 fully saturated rings. The molecule has 6 heteroatoms. The molecule has 0 radical (unpaired) electrons. The zero-order valence-corrected chi connectivity index (χ0v) is 12.3. The number of pyridine rings is 1. The Morgan fingerprint density at radius 3 is 2.59 bits per heavy atom. The van der Waals surface area contributed by atoms with Gasteiger partial charge in [-0.05, 0) is 18.2 Å². The average molecular weight is 293 g/mol. The highest BCUT2D eigenvalue weighted by atomic mass is 16.3. The second-order valence-corrected chi connectivity index (χ2v) is 4.25. The third-order valence-corrected chi connectivity index (χ3v) is 2.96.